The van der Waals surface area contributed by atoms with Crippen LogP contribution in [0.2, 0.25) is 0 Å². The second-order valence-corrected chi connectivity index (χ2v) is 6.70. The Labute approximate surface area is 131 Å². The predicted octanol–water partition coefficient (Wildman–Crippen LogP) is 3.02. The van der Waals surface area contributed by atoms with Gasteiger partial charge in [0.2, 0.25) is 0 Å². The fourth-order valence-corrected chi connectivity index (χ4v) is 4.33. The molecule has 0 saturated heterocycles. The van der Waals surface area contributed by atoms with Gasteiger partial charge < -0.3 is 4.74 Å². The van der Waals surface area contributed by atoms with Crippen LogP contribution in [0.25, 0.3) is 0 Å². The normalized spacial score (nSPS) is 32.0. The standard InChI is InChI=1S/C18H23NO3/c1-3-22-16(21)12-15-18(10-7-13(20)8-11-18)14-6-4-5-9-17(14,2)19-15/h7-8,10-11,14H,3-6,9,12H2,1-2H3/t14-,17-/m1/s1. The van der Waals surface area contributed by atoms with E-state index >= 15 is 0 Å². The fourth-order valence-electron chi connectivity index (χ4n) is 4.33. The van der Waals surface area contributed by atoms with Gasteiger partial charge in [-0.25, -0.2) is 0 Å². The Morgan fingerprint density at radius 1 is 1.36 bits per heavy atom. The van der Waals surface area contributed by atoms with Gasteiger partial charge in [-0.2, -0.15) is 0 Å². The Hall–Kier alpha value is -1.71. The summed E-state index contributed by atoms with van der Waals surface area (Å²) in [6.45, 7) is 4.38. The maximum atomic E-state index is 12.0. The number of carbonyl (C=O) groups excluding carboxylic acids is 2. The van der Waals surface area contributed by atoms with Gasteiger partial charge >= 0.3 is 5.97 Å². The summed E-state index contributed by atoms with van der Waals surface area (Å²) in [6, 6.07) is 0. The SMILES string of the molecule is CCOC(=O)CC1=N[C@]2(C)CCCC[C@H]2C12C=CC(=O)C=C2. The van der Waals surface area contributed by atoms with E-state index in [1.807, 2.05) is 19.1 Å². The highest BCUT2D eigenvalue weighted by atomic mass is 16.5. The lowest BCUT2D eigenvalue weighted by atomic mass is 9.60. The van der Waals surface area contributed by atoms with Gasteiger partial charge in [0, 0.05) is 11.6 Å². The molecular formula is C18H23NO3. The van der Waals surface area contributed by atoms with E-state index in [2.05, 4.69) is 6.92 Å². The second-order valence-electron chi connectivity index (χ2n) is 6.70. The van der Waals surface area contributed by atoms with Crippen LogP contribution >= 0.6 is 0 Å². The lowest BCUT2D eigenvalue weighted by Crippen LogP contribution is -2.42. The molecule has 118 valence electrons. The zero-order valence-corrected chi connectivity index (χ0v) is 13.3. The Morgan fingerprint density at radius 2 is 2.09 bits per heavy atom. The van der Waals surface area contributed by atoms with Crippen molar-refractivity contribution in [1.29, 1.82) is 0 Å². The number of esters is 1. The zero-order valence-electron chi connectivity index (χ0n) is 13.3. The molecule has 3 rings (SSSR count). The number of nitrogens with zero attached hydrogens (tertiary/aromatic N) is 1. The van der Waals surface area contributed by atoms with Crippen LogP contribution in [0.3, 0.4) is 0 Å². The van der Waals surface area contributed by atoms with Crippen molar-refractivity contribution in [2.24, 2.45) is 16.3 Å². The van der Waals surface area contributed by atoms with Crippen LogP contribution < -0.4 is 0 Å². The molecule has 4 nitrogen and oxygen atoms in total. The molecule has 0 aromatic rings. The first kappa shape index (κ1) is 15.2. The van der Waals surface area contributed by atoms with Gasteiger partial charge in [-0.3, -0.25) is 14.6 Å². The van der Waals surface area contributed by atoms with Gasteiger partial charge in [0.1, 0.15) is 0 Å². The number of hydrogen-bond acceptors (Lipinski definition) is 4. The molecule has 0 aromatic carbocycles. The Bertz CT molecular complexity index is 571. The predicted molar refractivity (Wildman–Crippen MR) is 84.8 cm³/mol. The highest BCUT2D eigenvalue weighted by Crippen LogP contribution is 2.55. The molecule has 1 saturated carbocycles. The van der Waals surface area contributed by atoms with Crippen molar-refractivity contribution < 1.29 is 14.3 Å². The van der Waals surface area contributed by atoms with Crippen LogP contribution in [0.1, 0.15) is 46.0 Å². The Morgan fingerprint density at radius 3 is 2.77 bits per heavy atom. The average Bonchev–Trinajstić information content (AvgIpc) is 2.71. The van der Waals surface area contributed by atoms with E-state index < -0.39 is 0 Å². The van der Waals surface area contributed by atoms with Gasteiger partial charge in [0.25, 0.3) is 0 Å². The van der Waals surface area contributed by atoms with E-state index in [-0.39, 0.29) is 29.1 Å². The Balaban J connectivity index is 1.98. The molecule has 0 bridgehead atoms. The molecule has 3 aliphatic rings. The molecular weight excluding hydrogens is 278 g/mol. The van der Waals surface area contributed by atoms with E-state index in [0.29, 0.717) is 12.5 Å². The molecule has 1 heterocycles. The third kappa shape index (κ3) is 2.34. The average molecular weight is 301 g/mol. The molecule has 1 aliphatic heterocycles. The summed E-state index contributed by atoms with van der Waals surface area (Å²) in [6.07, 6.45) is 11.9. The van der Waals surface area contributed by atoms with E-state index in [0.717, 1.165) is 18.6 Å². The summed E-state index contributed by atoms with van der Waals surface area (Å²) in [5.41, 5.74) is 0.352. The maximum absolute atomic E-state index is 12.0. The van der Waals surface area contributed by atoms with Crippen LogP contribution in [-0.4, -0.2) is 29.6 Å². The molecule has 0 radical (unpaired) electrons. The number of carbonyl (C=O) groups is 2. The first-order valence-corrected chi connectivity index (χ1v) is 8.17. The third-order valence-corrected chi connectivity index (χ3v) is 5.31. The highest BCUT2D eigenvalue weighted by molar-refractivity contribution is 6.10. The Kier molecular flexibility index (Phi) is 3.79. The number of ketones is 1. The lowest BCUT2D eigenvalue weighted by molar-refractivity contribution is -0.141. The second kappa shape index (κ2) is 5.49. The first-order chi connectivity index (χ1) is 10.5. The summed E-state index contributed by atoms with van der Waals surface area (Å²) in [4.78, 5) is 28.5. The topological polar surface area (TPSA) is 55.7 Å². The molecule has 4 heteroatoms. The zero-order chi connectivity index (χ0) is 15.8. The lowest BCUT2D eigenvalue weighted by Gasteiger charge is -2.42. The molecule has 0 N–H and O–H groups in total. The van der Waals surface area contributed by atoms with Crippen LogP contribution in [0.5, 0.6) is 0 Å². The summed E-state index contributed by atoms with van der Waals surface area (Å²) in [5, 5.41) is 0. The number of rotatable bonds is 3. The molecule has 0 amide bonds. The van der Waals surface area contributed by atoms with E-state index in [9.17, 15) is 9.59 Å². The summed E-state index contributed by atoms with van der Waals surface area (Å²) >= 11 is 0. The van der Waals surface area contributed by atoms with Crippen molar-refractivity contribution >= 4 is 17.5 Å². The van der Waals surface area contributed by atoms with Gasteiger partial charge in [-0.15, -0.1) is 0 Å². The third-order valence-electron chi connectivity index (χ3n) is 5.31. The minimum Gasteiger partial charge on any atom is -0.466 e. The minimum atomic E-state index is -0.379. The van der Waals surface area contributed by atoms with Crippen LogP contribution in [-0.2, 0) is 14.3 Å². The van der Waals surface area contributed by atoms with Crippen molar-refractivity contribution in [1.82, 2.24) is 0 Å². The summed E-state index contributed by atoms with van der Waals surface area (Å²) < 4.78 is 5.11. The number of aliphatic imine (C=N–C) groups is 1. The van der Waals surface area contributed by atoms with E-state index in [1.54, 1.807) is 12.2 Å². The molecule has 2 atom stereocenters. The van der Waals surface area contributed by atoms with Gasteiger partial charge in [-0.05, 0) is 38.8 Å². The van der Waals surface area contributed by atoms with Gasteiger partial charge in [0.05, 0.1) is 24.0 Å². The fraction of sp³-hybridized carbons (Fsp3) is 0.611. The van der Waals surface area contributed by atoms with Crippen molar-refractivity contribution in [3.05, 3.63) is 24.3 Å². The number of fused-ring (bicyclic) bond motifs is 2. The van der Waals surface area contributed by atoms with Crippen LogP contribution in [0, 0.1) is 11.3 Å². The molecule has 0 aromatic heterocycles. The number of hydrogen-bond donors (Lipinski definition) is 0. The molecule has 2 aliphatic carbocycles. The molecule has 1 fully saturated rings. The molecule has 0 unspecified atom stereocenters. The number of ether oxygens (including phenoxy) is 1. The smallest absolute Gasteiger partial charge is 0.311 e. The van der Waals surface area contributed by atoms with E-state index in [1.165, 1.54) is 12.8 Å². The number of allylic oxidation sites excluding steroid dienone is 4. The monoisotopic (exact) mass is 301 g/mol. The van der Waals surface area contributed by atoms with Gasteiger partial charge in [-0.1, -0.05) is 25.0 Å². The quantitative estimate of drug-likeness (QED) is 0.753. The van der Waals surface area contributed by atoms with Crippen molar-refractivity contribution in [2.75, 3.05) is 6.61 Å². The van der Waals surface area contributed by atoms with Gasteiger partial charge in [0.15, 0.2) is 5.78 Å². The highest BCUT2D eigenvalue weighted by Gasteiger charge is 2.55. The maximum Gasteiger partial charge on any atom is 0.311 e. The minimum absolute atomic E-state index is 0.00511. The molecule has 1 spiro atoms. The molecule has 22 heavy (non-hydrogen) atoms. The van der Waals surface area contributed by atoms with Crippen molar-refractivity contribution in [3.8, 4) is 0 Å². The summed E-state index contributed by atoms with van der Waals surface area (Å²) in [7, 11) is 0. The van der Waals surface area contributed by atoms with Crippen LogP contribution in [0.4, 0.5) is 0 Å². The first-order valence-electron chi connectivity index (χ1n) is 8.17. The van der Waals surface area contributed by atoms with Crippen molar-refractivity contribution in [3.63, 3.8) is 0 Å². The largest absolute Gasteiger partial charge is 0.466 e. The summed E-state index contributed by atoms with van der Waals surface area (Å²) in [5.74, 6) is 0.103. The van der Waals surface area contributed by atoms with Crippen LogP contribution in [0.15, 0.2) is 29.3 Å². The van der Waals surface area contributed by atoms with Crippen molar-refractivity contribution in [2.45, 2.75) is 51.5 Å². The van der Waals surface area contributed by atoms with E-state index in [4.69, 9.17) is 9.73 Å².